The number of amides is 1. The van der Waals surface area contributed by atoms with Crippen LogP contribution in [-0.2, 0) is 17.8 Å². The predicted molar refractivity (Wildman–Crippen MR) is 70.1 cm³/mol. The third-order valence-electron chi connectivity index (χ3n) is 3.29. The van der Waals surface area contributed by atoms with Crippen LogP contribution >= 0.6 is 0 Å². The quantitative estimate of drug-likeness (QED) is 0.821. The number of hydrogen-bond donors (Lipinski definition) is 2. The maximum Gasteiger partial charge on any atom is 0.239 e. The third kappa shape index (κ3) is 2.89. The molecule has 0 aliphatic carbocycles. The van der Waals surface area contributed by atoms with Gasteiger partial charge in [0.15, 0.2) is 0 Å². The van der Waals surface area contributed by atoms with Crippen molar-refractivity contribution < 1.29 is 9.90 Å². The lowest BCUT2D eigenvalue weighted by molar-refractivity contribution is -0.133. The van der Waals surface area contributed by atoms with Gasteiger partial charge in [-0.25, -0.2) is 0 Å². The number of hydrogen-bond acceptors (Lipinski definition) is 3. The number of nitrogens with one attached hydrogen (secondary N) is 1. The molecule has 2 atom stereocenters. The molecule has 1 aromatic rings. The lowest BCUT2D eigenvalue weighted by Gasteiger charge is -2.29. The fourth-order valence-electron chi connectivity index (χ4n) is 2.38. The highest BCUT2D eigenvalue weighted by molar-refractivity contribution is 5.82. The van der Waals surface area contributed by atoms with E-state index >= 15 is 0 Å². The molecule has 18 heavy (non-hydrogen) atoms. The van der Waals surface area contributed by atoms with E-state index in [2.05, 4.69) is 17.4 Å². The number of carbonyl (C=O) groups excluding carboxylic acids is 1. The molecule has 98 valence electrons. The van der Waals surface area contributed by atoms with E-state index in [4.69, 9.17) is 0 Å². The van der Waals surface area contributed by atoms with E-state index in [1.165, 1.54) is 11.1 Å². The molecule has 1 heterocycles. The van der Waals surface area contributed by atoms with E-state index < -0.39 is 6.10 Å². The summed E-state index contributed by atoms with van der Waals surface area (Å²) in [4.78, 5) is 13.8. The van der Waals surface area contributed by atoms with Gasteiger partial charge in [-0.1, -0.05) is 24.3 Å². The second-order valence-corrected chi connectivity index (χ2v) is 4.97. The van der Waals surface area contributed by atoms with Gasteiger partial charge in [-0.3, -0.25) is 4.79 Å². The molecule has 0 bridgehead atoms. The Morgan fingerprint density at radius 3 is 2.83 bits per heavy atom. The Morgan fingerprint density at radius 2 is 2.17 bits per heavy atom. The molecule has 1 unspecified atom stereocenters. The summed E-state index contributed by atoms with van der Waals surface area (Å²) in [6.07, 6.45) is 0.230. The van der Waals surface area contributed by atoms with E-state index in [1.54, 1.807) is 18.9 Å². The first-order valence-corrected chi connectivity index (χ1v) is 6.31. The van der Waals surface area contributed by atoms with Crippen LogP contribution in [0.2, 0.25) is 0 Å². The number of aliphatic hydroxyl groups excluding tert-OH is 1. The molecule has 0 saturated carbocycles. The van der Waals surface area contributed by atoms with Crippen molar-refractivity contribution in [2.45, 2.75) is 32.0 Å². The summed E-state index contributed by atoms with van der Waals surface area (Å²) >= 11 is 0. The van der Waals surface area contributed by atoms with Gasteiger partial charge < -0.3 is 15.3 Å². The van der Waals surface area contributed by atoms with Crippen molar-refractivity contribution in [3.05, 3.63) is 35.4 Å². The number of benzene rings is 1. The van der Waals surface area contributed by atoms with Crippen LogP contribution in [0.15, 0.2) is 24.3 Å². The molecule has 1 amide bonds. The third-order valence-corrected chi connectivity index (χ3v) is 3.29. The predicted octanol–water partition coefficient (Wildman–Crippen LogP) is 0.540. The Kier molecular flexibility index (Phi) is 3.99. The first-order chi connectivity index (χ1) is 8.58. The molecule has 1 aliphatic heterocycles. The smallest absolute Gasteiger partial charge is 0.239 e. The van der Waals surface area contributed by atoms with Crippen molar-refractivity contribution in [1.29, 1.82) is 0 Å². The van der Waals surface area contributed by atoms with E-state index in [0.717, 1.165) is 13.0 Å². The zero-order chi connectivity index (χ0) is 13.1. The largest absolute Gasteiger partial charge is 0.392 e. The van der Waals surface area contributed by atoms with Crippen molar-refractivity contribution in [1.82, 2.24) is 10.2 Å². The summed E-state index contributed by atoms with van der Waals surface area (Å²) in [6.45, 7) is 2.79. The summed E-state index contributed by atoms with van der Waals surface area (Å²) in [5, 5.41) is 12.6. The minimum Gasteiger partial charge on any atom is -0.392 e. The lowest BCUT2D eigenvalue weighted by atomic mass is 9.95. The Morgan fingerprint density at radius 1 is 1.50 bits per heavy atom. The molecule has 0 saturated heterocycles. The second-order valence-electron chi connectivity index (χ2n) is 4.97. The van der Waals surface area contributed by atoms with Gasteiger partial charge in [-0.15, -0.1) is 0 Å². The minimum atomic E-state index is -0.491. The number of likely N-dealkylation sites (N-methyl/N-ethyl adjacent to an activating group) is 1. The molecule has 1 aromatic carbocycles. The topological polar surface area (TPSA) is 52.6 Å². The average Bonchev–Trinajstić information content (AvgIpc) is 2.36. The molecule has 0 radical (unpaired) electrons. The van der Waals surface area contributed by atoms with Crippen LogP contribution < -0.4 is 5.32 Å². The van der Waals surface area contributed by atoms with Crippen LogP contribution in [0, 0.1) is 0 Å². The normalized spacial score (nSPS) is 20.1. The van der Waals surface area contributed by atoms with Crippen molar-refractivity contribution >= 4 is 5.91 Å². The lowest BCUT2D eigenvalue weighted by Crippen LogP contribution is -2.49. The SMILES string of the molecule is CC(O)CN(C)C(=O)[C@H]1Cc2ccccc2CN1. The molecule has 4 nitrogen and oxygen atoms in total. The monoisotopic (exact) mass is 248 g/mol. The molecule has 2 N–H and O–H groups in total. The van der Waals surface area contributed by atoms with Gasteiger partial charge in [0, 0.05) is 20.1 Å². The molecular formula is C14H20N2O2. The molecule has 0 aromatic heterocycles. The number of carbonyl (C=O) groups is 1. The summed E-state index contributed by atoms with van der Waals surface area (Å²) in [5.74, 6) is 0.0467. The van der Waals surface area contributed by atoms with E-state index in [1.807, 2.05) is 12.1 Å². The zero-order valence-corrected chi connectivity index (χ0v) is 10.9. The van der Waals surface area contributed by atoms with Crippen molar-refractivity contribution in [2.24, 2.45) is 0 Å². The Balaban J connectivity index is 2.02. The van der Waals surface area contributed by atoms with E-state index in [9.17, 15) is 9.90 Å². The van der Waals surface area contributed by atoms with Gasteiger partial charge in [-0.05, 0) is 24.5 Å². The van der Waals surface area contributed by atoms with Gasteiger partial charge in [0.1, 0.15) is 0 Å². The number of rotatable bonds is 3. The van der Waals surface area contributed by atoms with E-state index in [-0.39, 0.29) is 11.9 Å². The second kappa shape index (κ2) is 5.50. The van der Waals surface area contributed by atoms with Gasteiger partial charge >= 0.3 is 0 Å². The number of fused-ring (bicyclic) bond motifs is 1. The van der Waals surface area contributed by atoms with Crippen molar-refractivity contribution in [2.75, 3.05) is 13.6 Å². The standard InChI is InChI=1S/C14H20N2O2/c1-10(17)9-16(2)14(18)13-7-11-5-3-4-6-12(11)8-15-13/h3-6,10,13,15,17H,7-9H2,1-2H3/t10?,13-/m1/s1. The molecule has 2 rings (SSSR count). The summed E-state index contributed by atoms with van der Waals surface area (Å²) in [5.41, 5.74) is 2.50. The highest BCUT2D eigenvalue weighted by Gasteiger charge is 2.26. The van der Waals surface area contributed by atoms with Crippen molar-refractivity contribution in [3.63, 3.8) is 0 Å². The average molecular weight is 248 g/mol. The Bertz CT molecular complexity index is 432. The number of aliphatic hydroxyl groups is 1. The van der Waals surface area contributed by atoms with E-state index in [0.29, 0.717) is 6.54 Å². The summed E-state index contributed by atoms with van der Waals surface area (Å²) in [6, 6.07) is 8.00. The first-order valence-electron chi connectivity index (χ1n) is 6.31. The van der Waals surface area contributed by atoms with Crippen LogP contribution in [0.5, 0.6) is 0 Å². The van der Waals surface area contributed by atoms with Crippen LogP contribution in [0.3, 0.4) is 0 Å². The van der Waals surface area contributed by atoms with Crippen molar-refractivity contribution in [3.8, 4) is 0 Å². The van der Waals surface area contributed by atoms with Gasteiger partial charge in [0.05, 0.1) is 12.1 Å². The molecular weight excluding hydrogens is 228 g/mol. The molecule has 1 aliphatic rings. The fourth-order valence-corrected chi connectivity index (χ4v) is 2.38. The maximum atomic E-state index is 12.2. The Hall–Kier alpha value is -1.39. The van der Waals surface area contributed by atoms with Gasteiger partial charge in [0.25, 0.3) is 0 Å². The van der Waals surface area contributed by atoms with Gasteiger partial charge in [-0.2, -0.15) is 0 Å². The summed E-state index contributed by atoms with van der Waals surface area (Å²) in [7, 11) is 1.73. The van der Waals surface area contributed by atoms with Crippen LogP contribution in [0.1, 0.15) is 18.1 Å². The van der Waals surface area contributed by atoms with Crippen LogP contribution in [0.25, 0.3) is 0 Å². The highest BCUT2D eigenvalue weighted by atomic mass is 16.3. The van der Waals surface area contributed by atoms with Crippen LogP contribution in [0.4, 0.5) is 0 Å². The zero-order valence-electron chi connectivity index (χ0n) is 10.9. The highest BCUT2D eigenvalue weighted by Crippen LogP contribution is 2.17. The molecule has 4 heteroatoms. The first kappa shape index (κ1) is 13.1. The molecule has 0 spiro atoms. The minimum absolute atomic E-state index is 0.0467. The van der Waals surface area contributed by atoms with Crippen LogP contribution in [-0.4, -0.2) is 41.7 Å². The number of nitrogens with zero attached hydrogens (tertiary/aromatic N) is 1. The van der Waals surface area contributed by atoms with Gasteiger partial charge in [0.2, 0.25) is 5.91 Å². The fraction of sp³-hybridized carbons (Fsp3) is 0.500. The maximum absolute atomic E-state index is 12.2. The Labute approximate surface area is 108 Å². The summed E-state index contributed by atoms with van der Waals surface area (Å²) < 4.78 is 0. The molecule has 0 fully saturated rings.